The summed E-state index contributed by atoms with van der Waals surface area (Å²) in [5.74, 6) is -0.546. The number of amides is 3. The number of nitrogens with one attached hydrogen (secondary N) is 1. The molecule has 1 atom stereocenters. The van der Waals surface area contributed by atoms with Crippen LogP contribution in [0.15, 0.2) is 12.4 Å². The number of nitrogens with zero attached hydrogens (tertiary/aromatic N) is 4. The van der Waals surface area contributed by atoms with Crippen molar-refractivity contribution in [3.8, 4) is 0 Å². The number of urea groups is 1. The maximum atomic E-state index is 12.8. The topological polar surface area (TPSA) is 108 Å². The molecule has 2 aliphatic heterocycles. The summed E-state index contributed by atoms with van der Waals surface area (Å²) >= 11 is 0. The average Bonchev–Trinajstić information content (AvgIpc) is 3.09. The van der Waals surface area contributed by atoms with E-state index in [4.69, 9.17) is 5.73 Å². The summed E-state index contributed by atoms with van der Waals surface area (Å²) in [4.78, 5) is 32.2. The van der Waals surface area contributed by atoms with Crippen LogP contribution in [0.1, 0.15) is 24.0 Å². The molecule has 2 aromatic heterocycles. The molecule has 3 N–H and O–H groups in total. The number of carbonyl (C=O) groups is 2. The van der Waals surface area contributed by atoms with E-state index in [1.807, 2.05) is 11.1 Å². The minimum Gasteiger partial charge on any atom is -0.369 e. The number of primary amides is 1. The largest absolute Gasteiger partial charge is 0.369 e. The number of nitrogens with two attached hydrogens (primary N) is 1. The van der Waals surface area contributed by atoms with E-state index in [1.165, 1.54) is 5.56 Å². The molecule has 3 amide bonds. The van der Waals surface area contributed by atoms with Crippen LogP contribution in [0.5, 0.6) is 0 Å². The van der Waals surface area contributed by atoms with Gasteiger partial charge in [0.15, 0.2) is 5.65 Å². The van der Waals surface area contributed by atoms with E-state index in [9.17, 15) is 9.59 Å². The first-order valence-electron chi connectivity index (χ1n) is 8.26. The molecule has 1 fully saturated rings. The monoisotopic (exact) mass is 328 g/mol. The van der Waals surface area contributed by atoms with Crippen molar-refractivity contribution >= 4 is 23.0 Å². The number of piperidine rings is 1. The Hall–Kier alpha value is -2.64. The summed E-state index contributed by atoms with van der Waals surface area (Å²) < 4.78 is 0. The van der Waals surface area contributed by atoms with Gasteiger partial charge in [-0.1, -0.05) is 0 Å². The lowest BCUT2D eigenvalue weighted by atomic mass is 9.97. The second-order valence-corrected chi connectivity index (χ2v) is 6.54. The predicted molar refractivity (Wildman–Crippen MR) is 86.9 cm³/mol. The zero-order chi connectivity index (χ0) is 16.7. The van der Waals surface area contributed by atoms with Gasteiger partial charge in [0.25, 0.3) is 0 Å². The van der Waals surface area contributed by atoms with Crippen LogP contribution in [0, 0.1) is 5.92 Å². The molecule has 0 saturated carbocycles. The normalized spacial score (nSPS) is 20.9. The maximum Gasteiger partial charge on any atom is 0.320 e. The number of rotatable bonds is 1. The lowest BCUT2D eigenvalue weighted by molar-refractivity contribution is -0.123. The third-order valence-electron chi connectivity index (χ3n) is 5.04. The Morgan fingerprint density at radius 2 is 2.12 bits per heavy atom. The Morgan fingerprint density at radius 1 is 1.25 bits per heavy atom. The first-order chi connectivity index (χ1) is 11.6. The van der Waals surface area contributed by atoms with E-state index in [2.05, 4.69) is 15.2 Å². The Bertz CT molecular complexity index is 801. The van der Waals surface area contributed by atoms with E-state index in [0.717, 1.165) is 35.9 Å². The Labute approximate surface area is 139 Å². The minimum absolute atomic E-state index is 0.0149. The van der Waals surface area contributed by atoms with Crippen LogP contribution in [0.2, 0.25) is 0 Å². The van der Waals surface area contributed by atoms with Crippen molar-refractivity contribution in [3.05, 3.63) is 23.5 Å². The van der Waals surface area contributed by atoms with Gasteiger partial charge < -0.3 is 15.5 Å². The summed E-state index contributed by atoms with van der Waals surface area (Å²) in [6.07, 6.45) is 5.98. The van der Waals surface area contributed by atoms with Crippen LogP contribution in [0.4, 0.5) is 4.79 Å². The first kappa shape index (κ1) is 14.9. The second kappa shape index (κ2) is 5.77. The minimum atomic E-state index is -0.317. The number of hydrogen-bond acceptors (Lipinski definition) is 4. The van der Waals surface area contributed by atoms with Crippen LogP contribution >= 0.6 is 0 Å². The highest BCUT2D eigenvalue weighted by Gasteiger charge is 2.31. The van der Waals surface area contributed by atoms with E-state index in [1.54, 1.807) is 11.1 Å². The molecule has 2 aromatic rings. The fraction of sp³-hybridized carbons (Fsp3) is 0.500. The van der Waals surface area contributed by atoms with Gasteiger partial charge >= 0.3 is 6.03 Å². The zero-order valence-corrected chi connectivity index (χ0v) is 13.4. The molecule has 0 aromatic carbocycles. The highest BCUT2D eigenvalue weighted by molar-refractivity contribution is 5.81. The van der Waals surface area contributed by atoms with Crippen LogP contribution in [0.25, 0.3) is 11.0 Å². The highest BCUT2D eigenvalue weighted by atomic mass is 16.2. The Morgan fingerprint density at radius 3 is 2.96 bits per heavy atom. The molecule has 2 aliphatic rings. The Kier molecular flexibility index (Phi) is 3.59. The molecule has 126 valence electrons. The van der Waals surface area contributed by atoms with Gasteiger partial charge in [-0.15, -0.1) is 0 Å². The smallest absolute Gasteiger partial charge is 0.320 e. The third-order valence-corrected chi connectivity index (χ3v) is 5.04. The van der Waals surface area contributed by atoms with Gasteiger partial charge in [-0.2, -0.15) is 5.10 Å². The number of likely N-dealkylation sites (tertiary alicyclic amines) is 1. The molecule has 1 saturated heterocycles. The van der Waals surface area contributed by atoms with Crippen LogP contribution < -0.4 is 5.73 Å². The zero-order valence-electron chi connectivity index (χ0n) is 13.4. The summed E-state index contributed by atoms with van der Waals surface area (Å²) in [7, 11) is 0. The van der Waals surface area contributed by atoms with Gasteiger partial charge in [0.1, 0.15) is 0 Å². The van der Waals surface area contributed by atoms with Crippen LogP contribution in [0.3, 0.4) is 0 Å². The average molecular weight is 328 g/mol. The van der Waals surface area contributed by atoms with Crippen molar-refractivity contribution in [1.29, 1.82) is 0 Å². The van der Waals surface area contributed by atoms with Gasteiger partial charge in [0, 0.05) is 37.8 Å². The first-order valence-corrected chi connectivity index (χ1v) is 8.26. The van der Waals surface area contributed by atoms with Crippen molar-refractivity contribution in [1.82, 2.24) is 25.0 Å². The molecule has 0 radical (unpaired) electrons. The van der Waals surface area contributed by atoms with Crippen LogP contribution in [-0.4, -0.2) is 56.6 Å². The number of aromatic amines is 1. The fourth-order valence-corrected chi connectivity index (χ4v) is 3.70. The van der Waals surface area contributed by atoms with Gasteiger partial charge in [-0.3, -0.25) is 9.89 Å². The molecular formula is C16H20N6O2. The van der Waals surface area contributed by atoms with Crippen molar-refractivity contribution < 1.29 is 9.59 Å². The molecule has 8 heteroatoms. The van der Waals surface area contributed by atoms with E-state index in [0.29, 0.717) is 26.2 Å². The van der Waals surface area contributed by atoms with Gasteiger partial charge in [-0.05, 0) is 30.4 Å². The molecule has 1 unspecified atom stereocenters. The number of hydrogen-bond donors (Lipinski definition) is 2. The molecule has 8 nitrogen and oxygen atoms in total. The van der Waals surface area contributed by atoms with Crippen LogP contribution in [-0.2, 0) is 17.8 Å². The Balaban J connectivity index is 1.51. The van der Waals surface area contributed by atoms with Crippen molar-refractivity contribution in [3.63, 3.8) is 0 Å². The van der Waals surface area contributed by atoms with Crippen molar-refractivity contribution in [2.45, 2.75) is 25.8 Å². The highest BCUT2D eigenvalue weighted by Crippen LogP contribution is 2.26. The summed E-state index contributed by atoms with van der Waals surface area (Å²) in [5.41, 5.74) is 8.47. The quantitative estimate of drug-likeness (QED) is 0.800. The lowest BCUT2D eigenvalue weighted by Gasteiger charge is -2.37. The van der Waals surface area contributed by atoms with Crippen molar-refractivity contribution in [2.75, 3.05) is 19.6 Å². The molecule has 0 bridgehead atoms. The molecule has 4 heterocycles. The molecule has 0 spiro atoms. The predicted octanol–water partition coefficient (Wildman–Crippen LogP) is 0.633. The molecule has 4 rings (SSSR count). The van der Waals surface area contributed by atoms with Crippen molar-refractivity contribution in [2.24, 2.45) is 11.7 Å². The summed E-state index contributed by atoms with van der Waals surface area (Å²) in [6.45, 7) is 2.31. The van der Waals surface area contributed by atoms with Gasteiger partial charge in [0.05, 0.1) is 12.1 Å². The molecular weight excluding hydrogens is 308 g/mol. The summed E-state index contributed by atoms with van der Waals surface area (Å²) in [5, 5.41) is 7.95. The summed E-state index contributed by atoms with van der Waals surface area (Å²) in [6, 6.07) is -0.0149. The third kappa shape index (κ3) is 2.47. The number of H-pyrrole nitrogens is 1. The van der Waals surface area contributed by atoms with E-state index < -0.39 is 0 Å². The number of aromatic nitrogens is 3. The van der Waals surface area contributed by atoms with E-state index >= 15 is 0 Å². The SMILES string of the molecule is NC(=O)C1CCCN(C(=O)N2CCc3c(cnc4[nH]ncc34)C2)C1. The molecule has 24 heavy (non-hydrogen) atoms. The van der Waals surface area contributed by atoms with Gasteiger partial charge in [-0.25, -0.2) is 9.78 Å². The fourth-order valence-electron chi connectivity index (χ4n) is 3.70. The number of fused-ring (bicyclic) bond motifs is 3. The maximum absolute atomic E-state index is 12.8. The standard InChI is InChI=1S/C16H20N6O2/c17-14(23)10-2-1-4-21(8-10)16(24)22-5-3-12-11(9-22)6-18-15-13(12)7-19-20-15/h6-7,10H,1-5,8-9H2,(H2,17,23)(H,18,19,20). The lowest BCUT2D eigenvalue weighted by Crippen LogP contribution is -2.50. The van der Waals surface area contributed by atoms with Gasteiger partial charge in [0.2, 0.25) is 5.91 Å². The second-order valence-electron chi connectivity index (χ2n) is 6.54. The number of carbonyl (C=O) groups excluding carboxylic acids is 2. The number of pyridine rings is 1. The molecule has 0 aliphatic carbocycles. The van der Waals surface area contributed by atoms with E-state index in [-0.39, 0.29) is 17.9 Å².